The van der Waals surface area contributed by atoms with Gasteiger partial charge in [0.25, 0.3) is 0 Å². The van der Waals surface area contributed by atoms with E-state index >= 15 is 0 Å². The number of benzene rings is 1. The monoisotopic (exact) mass is 289 g/mol. The molecule has 1 fully saturated rings. The van der Waals surface area contributed by atoms with E-state index in [2.05, 4.69) is 4.74 Å². The van der Waals surface area contributed by atoms with Crippen molar-refractivity contribution in [2.24, 2.45) is 0 Å². The number of hydrogen-bond donors (Lipinski definition) is 0. The second-order valence-electron chi connectivity index (χ2n) is 4.06. The van der Waals surface area contributed by atoms with E-state index in [4.69, 9.17) is 0 Å². The number of cyclic esters (lactones) is 1. The molecule has 110 valence electrons. The third-order valence-electron chi connectivity index (χ3n) is 2.59. The fourth-order valence-electron chi connectivity index (χ4n) is 1.54. The van der Waals surface area contributed by atoms with Crippen molar-refractivity contribution >= 4 is 12.4 Å². The lowest BCUT2D eigenvalue weighted by Gasteiger charge is -2.09. The van der Waals surface area contributed by atoms with Gasteiger partial charge in [-0.05, 0) is 11.6 Å². The Kier molecular flexibility index (Phi) is 5.54. The van der Waals surface area contributed by atoms with Crippen LogP contribution in [0.2, 0.25) is 0 Å². The lowest BCUT2D eigenvalue weighted by molar-refractivity contribution is -0.138. The van der Waals surface area contributed by atoms with Crippen molar-refractivity contribution in [3.63, 3.8) is 0 Å². The maximum atomic E-state index is 12.3. The normalized spacial score (nSPS) is 14.4. The fraction of sp³-hybridized carbons (Fsp3) is 0.385. The molecule has 1 aromatic carbocycles. The average Bonchev–Trinajstić information content (AvgIpc) is 2.74. The van der Waals surface area contributed by atoms with Crippen molar-refractivity contribution in [3.05, 3.63) is 35.4 Å². The maximum absolute atomic E-state index is 12.3. The number of rotatable bonds is 2. The Morgan fingerprint density at radius 1 is 1.35 bits per heavy atom. The van der Waals surface area contributed by atoms with Gasteiger partial charge >= 0.3 is 12.3 Å². The molecule has 4 nitrogen and oxygen atoms in total. The van der Waals surface area contributed by atoms with Gasteiger partial charge in [-0.1, -0.05) is 18.2 Å². The van der Waals surface area contributed by atoms with Crippen molar-refractivity contribution in [2.75, 3.05) is 20.2 Å². The summed E-state index contributed by atoms with van der Waals surface area (Å²) in [5.41, 5.74) is -0.716. The standard InChI is InChI=1S/C9H7F3O.C4H7NO2/c10-9(11,12)8-4-2-1-3-7(8)5-6-13;1-5-2-3-7-4(5)6/h1-4,6H,5H2;2-3H2,1H3. The molecule has 1 amide bonds. The van der Waals surface area contributed by atoms with Crippen molar-refractivity contribution in [1.82, 2.24) is 4.90 Å². The lowest BCUT2D eigenvalue weighted by Crippen LogP contribution is -2.17. The Hall–Kier alpha value is -2.05. The molecule has 7 heteroatoms. The fourth-order valence-corrected chi connectivity index (χ4v) is 1.54. The Balaban J connectivity index is 0.000000240. The number of halogens is 3. The summed E-state index contributed by atoms with van der Waals surface area (Å²) < 4.78 is 41.3. The Morgan fingerprint density at radius 2 is 2.00 bits per heavy atom. The van der Waals surface area contributed by atoms with E-state index in [1.807, 2.05) is 0 Å². The van der Waals surface area contributed by atoms with E-state index in [1.54, 1.807) is 11.9 Å². The molecule has 0 aliphatic carbocycles. The minimum absolute atomic E-state index is 0.0185. The van der Waals surface area contributed by atoms with Crippen molar-refractivity contribution in [1.29, 1.82) is 0 Å². The number of likely N-dealkylation sites (N-methyl/N-ethyl adjacent to an activating group) is 1. The molecule has 20 heavy (non-hydrogen) atoms. The topological polar surface area (TPSA) is 46.6 Å². The summed E-state index contributed by atoms with van der Waals surface area (Å²) >= 11 is 0. The number of amides is 1. The second kappa shape index (κ2) is 6.93. The molecule has 1 heterocycles. The SMILES string of the molecule is CN1CCOC1=O.O=CCc1ccccc1C(F)(F)F. The highest BCUT2D eigenvalue weighted by Gasteiger charge is 2.32. The molecule has 0 bridgehead atoms. The summed E-state index contributed by atoms with van der Waals surface area (Å²) in [5.74, 6) is 0. The van der Waals surface area contributed by atoms with E-state index < -0.39 is 11.7 Å². The van der Waals surface area contributed by atoms with Crippen molar-refractivity contribution < 1.29 is 27.5 Å². The van der Waals surface area contributed by atoms with Gasteiger partial charge in [0.05, 0.1) is 12.1 Å². The first kappa shape index (κ1) is 16.0. The summed E-state index contributed by atoms with van der Waals surface area (Å²) in [6.07, 6.45) is -4.32. The highest BCUT2D eigenvalue weighted by molar-refractivity contribution is 5.68. The number of carbonyl (C=O) groups excluding carboxylic acids is 2. The minimum atomic E-state index is -4.38. The molecule has 1 aliphatic rings. The maximum Gasteiger partial charge on any atom is 0.416 e. The highest BCUT2D eigenvalue weighted by atomic mass is 19.4. The third kappa shape index (κ3) is 4.56. The number of nitrogens with zero attached hydrogens (tertiary/aromatic N) is 1. The first-order chi connectivity index (χ1) is 9.36. The molecule has 0 spiro atoms. The largest absolute Gasteiger partial charge is 0.448 e. The number of carbonyl (C=O) groups is 2. The smallest absolute Gasteiger partial charge is 0.416 e. The predicted molar refractivity (Wildman–Crippen MR) is 65.2 cm³/mol. The zero-order valence-electron chi connectivity index (χ0n) is 10.8. The molecule has 1 saturated heterocycles. The quantitative estimate of drug-likeness (QED) is 0.786. The van der Waals surface area contributed by atoms with Crippen LogP contribution in [0.1, 0.15) is 11.1 Å². The van der Waals surface area contributed by atoms with Gasteiger partial charge in [-0.15, -0.1) is 0 Å². The first-order valence-corrected chi connectivity index (χ1v) is 5.83. The Bertz CT molecular complexity index is 474. The summed E-state index contributed by atoms with van der Waals surface area (Å²) in [6, 6.07) is 5.06. The van der Waals surface area contributed by atoms with Crippen LogP contribution in [0.5, 0.6) is 0 Å². The van der Waals surface area contributed by atoms with Crippen LogP contribution in [0.25, 0.3) is 0 Å². The zero-order valence-corrected chi connectivity index (χ0v) is 10.8. The van der Waals surface area contributed by atoms with Gasteiger partial charge in [-0.25, -0.2) is 4.79 Å². The molecule has 0 N–H and O–H groups in total. The molecule has 0 radical (unpaired) electrons. The lowest BCUT2D eigenvalue weighted by atomic mass is 10.1. The second-order valence-corrected chi connectivity index (χ2v) is 4.06. The molecule has 1 aromatic rings. The Labute approximate surface area is 114 Å². The van der Waals surface area contributed by atoms with Gasteiger partial charge in [0.15, 0.2) is 0 Å². The molecule has 0 unspecified atom stereocenters. The van der Waals surface area contributed by atoms with Gasteiger partial charge in [0.1, 0.15) is 12.9 Å². The summed E-state index contributed by atoms with van der Waals surface area (Å²) in [4.78, 5) is 21.9. The number of hydrogen-bond acceptors (Lipinski definition) is 3. The molecule has 1 aliphatic heterocycles. The number of ether oxygens (including phenoxy) is 1. The molecular formula is C13H14F3NO3. The van der Waals surface area contributed by atoms with Crippen molar-refractivity contribution in [3.8, 4) is 0 Å². The summed E-state index contributed by atoms with van der Waals surface area (Å²) in [6.45, 7) is 1.29. The number of aldehydes is 1. The van der Waals surface area contributed by atoms with E-state index in [9.17, 15) is 22.8 Å². The van der Waals surface area contributed by atoms with Crippen LogP contribution in [0.4, 0.5) is 18.0 Å². The van der Waals surface area contributed by atoms with Crippen LogP contribution < -0.4 is 0 Å². The first-order valence-electron chi connectivity index (χ1n) is 5.83. The van der Waals surface area contributed by atoms with E-state index in [-0.39, 0.29) is 18.1 Å². The molecule has 0 atom stereocenters. The minimum Gasteiger partial charge on any atom is -0.448 e. The third-order valence-corrected chi connectivity index (χ3v) is 2.59. The molecular weight excluding hydrogens is 275 g/mol. The van der Waals surface area contributed by atoms with Gasteiger partial charge in [0.2, 0.25) is 0 Å². The highest BCUT2D eigenvalue weighted by Crippen LogP contribution is 2.31. The van der Waals surface area contributed by atoms with E-state index in [0.29, 0.717) is 12.9 Å². The van der Waals surface area contributed by atoms with Crippen LogP contribution in [-0.4, -0.2) is 37.5 Å². The zero-order chi connectivity index (χ0) is 15.2. The van der Waals surface area contributed by atoms with Gasteiger partial charge in [-0.2, -0.15) is 13.2 Å². The van der Waals surface area contributed by atoms with Crippen LogP contribution in [0.3, 0.4) is 0 Å². The Morgan fingerprint density at radius 3 is 2.40 bits per heavy atom. The van der Waals surface area contributed by atoms with Crippen LogP contribution in [0.15, 0.2) is 24.3 Å². The van der Waals surface area contributed by atoms with Crippen LogP contribution in [0, 0.1) is 0 Å². The molecule has 2 rings (SSSR count). The average molecular weight is 289 g/mol. The summed E-state index contributed by atoms with van der Waals surface area (Å²) in [5, 5.41) is 0. The number of alkyl halides is 3. The van der Waals surface area contributed by atoms with Crippen LogP contribution >= 0.6 is 0 Å². The van der Waals surface area contributed by atoms with Crippen molar-refractivity contribution in [2.45, 2.75) is 12.6 Å². The van der Waals surface area contributed by atoms with Gasteiger partial charge in [-0.3, -0.25) is 0 Å². The van der Waals surface area contributed by atoms with Gasteiger partial charge in [0, 0.05) is 13.5 Å². The summed E-state index contributed by atoms with van der Waals surface area (Å²) in [7, 11) is 1.72. The molecule has 0 aromatic heterocycles. The van der Waals surface area contributed by atoms with E-state index in [1.165, 1.54) is 18.2 Å². The predicted octanol–water partition coefficient (Wildman–Crippen LogP) is 2.52. The van der Waals surface area contributed by atoms with E-state index in [0.717, 1.165) is 12.6 Å². The molecule has 0 saturated carbocycles. The van der Waals surface area contributed by atoms with Gasteiger partial charge < -0.3 is 14.4 Å². The van der Waals surface area contributed by atoms with Crippen LogP contribution in [-0.2, 0) is 22.1 Å².